The molecule has 3 rings (SSSR count). The Balaban J connectivity index is 1.70. The van der Waals surface area contributed by atoms with Crippen molar-refractivity contribution >= 4 is 11.9 Å². The number of aryl methyl sites for hydroxylation is 1. The number of aromatic nitrogens is 2. The highest BCUT2D eigenvalue weighted by Crippen LogP contribution is 2.20. The van der Waals surface area contributed by atoms with Gasteiger partial charge in [-0.05, 0) is 43.9 Å². The fraction of sp³-hybridized carbons (Fsp3) is 0.500. The summed E-state index contributed by atoms with van der Waals surface area (Å²) in [5.74, 6) is -1.62. The average Bonchev–Trinajstić information content (AvgIpc) is 3.13. The van der Waals surface area contributed by atoms with Crippen LogP contribution in [-0.2, 0) is 28.9 Å². The van der Waals surface area contributed by atoms with Crippen molar-refractivity contribution in [2.75, 3.05) is 26.4 Å². The molecule has 0 fully saturated rings. The summed E-state index contributed by atoms with van der Waals surface area (Å²) in [6.45, 7) is 6.24. The third-order valence-corrected chi connectivity index (χ3v) is 5.45. The zero-order chi connectivity index (χ0) is 23.8. The van der Waals surface area contributed by atoms with Gasteiger partial charge in [0.1, 0.15) is 11.9 Å². The maximum Gasteiger partial charge on any atom is 0.338 e. The smallest absolute Gasteiger partial charge is 0.338 e. The number of rotatable bonds is 6. The van der Waals surface area contributed by atoms with Crippen LogP contribution in [0.25, 0.3) is 0 Å². The molecule has 1 aliphatic heterocycles. The predicted octanol–water partition coefficient (Wildman–Crippen LogP) is 3.03. The van der Waals surface area contributed by atoms with Gasteiger partial charge < -0.3 is 14.8 Å². The van der Waals surface area contributed by atoms with Crippen molar-refractivity contribution in [2.45, 2.75) is 46.1 Å². The van der Waals surface area contributed by atoms with E-state index in [1.54, 1.807) is 6.07 Å². The van der Waals surface area contributed by atoms with Gasteiger partial charge in [0.25, 0.3) is 5.91 Å². The Kier molecular flexibility index (Phi) is 8.55. The van der Waals surface area contributed by atoms with E-state index in [0.29, 0.717) is 44.7 Å². The summed E-state index contributed by atoms with van der Waals surface area (Å²) in [7, 11) is 0. The molecule has 8 nitrogen and oxygen atoms in total. The number of amides is 1. The molecule has 1 N–H and O–H groups in total. The monoisotopic (exact) mass is 456 g/mol. The van der Waals surface area contributed by atoms with E-state index in [0.717, 1.165) is 30.3 Å². The number of hydrogen-bond acceptors (Lipinski definition) is 6. The van der Waals surface area contributed by atoms with E-state index in [-0.39, 0.29) is 29.6 Å². The van der Waals surface area contributed by atoms with E-state index in [4.69, 9.17) is 14.7 Å². The van der Waals surface area contributed by atoms with Crippen LogP contribution < -0.4 is 5.32 Å². The van der Waals surface area contributed by atoms with E-state index < -0.39 is 11.8 Å². The number of fused-ring (bicyclic) bond motifs is 1. The van der Waals surface area contributed by atoms with Gasteiger partial charge in [0.15, 0.2) is 0 Å². The highest BCUT2D eigenvalue weighted by molar-refractivity contribution is 5.96. The lowest BCUT2D eigenvalue weighted by molar-refractivity contribution is 0.0435. The molecular weight excluding hydrogens is 427 g/mol. The number of nitrogens with zero attached hydrogens (tertiary/aromatic N) is 3. The summed E-state index contributed by atoms with van der Waals surface area (Å²) in [5, 5.41) is 16.4. The second-order valence-electron chi connectivity index (χ2n) is 8.14. The van der Waals surface area contributed by atoms with Gasteiger partial charge in [-0.15, -0.1) is 0 Å². The molecule has 176 valence electrons. The standard InChI is InChI=1S/C24H29FN4O4/c1-3-20-22-21(6-4-10-32-11-5-9-27-23(22)30)29(28-20)14-16(2)15-33-24(31)17-7-8-18(13-26)19(25)12-17/h7-8,12,16H,3-6,9-11,14-15H2,1-2H3,(H,27,30)/t16-/m1/s1. The average molecular weight is 457 g/mol. The van der Waals surface area contributed by atoms with Gasteiger partial charge in [-0.25, -0.2) is 9.18 Å². The summed E-state index contributed by atoms with van der Waals surface area (Å²) >= 11 is 0. The van der Waals surface area contributed by atoms with Crippen LogP contribution in [-0.4, -0.2) is 48.0 Å². The summed E-state index contributed by atoms with van der Waals surface area (Å²) in [6.07, 6.45) is 2.84. The molecule has 0 radical (unpaired) electrons. The Morgan fingerprint density at radius 2 is 2.18 bits per heavy atom. The first kappa shape index (κ1) is 24.4. The fourth-order valence-electron chi connectivity index (χ4n) is 3.76. The Bertz CT molecular complexity index is 1040. The number of ether oxygens (including phenoxy) is 2. The molecule has 1 aliphatic rings. The number of carbonyl (C=O) groups excluding carboxylic acids is 2. The van der Waals surface area contributed by atoms with Crippen molar-refractivity contribution in [3.05, 3.63) is 52.1 Å². The molecule has 33 heavy (non-hydrogen) atoms. The number of carbonyl (C=O) groups is 2. The van der Waals surface area contributed by atoms with E-state index in [1.165, 1.54) is 12.1 Å². The van der Waals surface area contributed by atoms with Crippen LogP contribution in [0.2, 0.25) is 0 Å². The molecular formula is C24H29FN4O4. The van der Waals surface area contributed by atoms with Crippen molar-refractivity contribution in [1.29, 1.82) is 5.26 Å². The Labute approximate surface area is 192 Å². The van der Waals surface area contributed by atoms with Crippen molar-refractivity contribution in [3.63, 3.8) is 0 Å². The summed E-state index contributed by atoms with van der Waals surface area (Å²) in [6, 6.07) is 5.35. The Hall–Kier alpha value is -3.25. The highest BCUT2D eigenvalue weighted by atomic mass is 19.1. The molecule has 2 aromatic rings. The molecule has 0 saturated carbocycles. The van der Waals surface area contributed by atoms with Gasteiger partial charge in [-0.1, -0.05) is 13.8 Å². The molecule has 0 unspecified atom stereocenters. The topological polar surface area (TPSA) is 106 Å². The molecule has 0 saturated heterocycles. The van der Waals surface area contributed by atoms with E-state index >= 15 is 0 Å². The normalized spacial score (nSPS) is 15.5. The van der Waals surface area contributed by atoms with Crippen molar-refractivity contribution in [1.82, 2.24) is 15.1 Å². The van der Waals surface area contributed by atoms with Crippen LogP contribution in [0.1, 0.15) is 64.4 Å². The predicted molar refractivity (Wildman–Crippen MR) is 118 cm³/mol. The van der Waals surface area contributed by atoms with Crippen LogP contribution in [0.4, 0.5) is 4.39 Å². The lowest BCUT2D eigenvalue weighted by Crippen LogP contribution is -2.27. The number of halogens is 1. The molecule has 0 aliphatic carbocycles. The fourth-order valence-corrected chi connectivity index (χ4v) is 3.76. The molecule has 1 amide bonds. The van der Waals surface area contributed by atoms with E-state index in [2.05, 4.69) is 10.4 Å². The van der Waals surface area contributed by atoms with Crippen molar-refractivity contribution < 1.29 is 23.5 Å². The van der Waals surface area contributed by atoms with Crippen LogP contribution in [0, 0.1) is 23.1 Å². The lowest BCUT2D eigenvalue weighted by atomic mass is 10.1. The van der Waals surface area contributed by atoms with Crippen molar-refractivity contribution in [2.24, 2.45) is 5.92 Å². The minimum Gasteiger partial charge on any atom is -0.462 e. The minimum atomic E-state index is -0.757. The minimum absolute atomic E-state index is 0.0521. The van der Waals surface area contributed by atoms with Gasteiger partial charge >= 0.3 is 5.97 Å². The second-order valence-corrected chi connectivity index (χ2v) is 8.14. The van der Waals surface area contributed by atoms with Crippen LogP contribution in [0.5, 0.6) is 0 Å². The number of nitrogens with one attached hydrogen (secondary N) is 1. The van der Waals surface area contributed by atoms with Crippen molar-refractivity contribution in [3.8, 4) is 6.07 Å². The number of esters is 1. The zero-order valence-electron chi connectivity index (χ0n) is 19.0. The highest BCUT2D eigenvalue weighted by Gasteiger charge is 2.24. The Morgan fingerprint density at radius 3 is 2.91 bits per heavy atom. The number of hydrogen-bond donors (Lipinski definition) is 1. The molecule has 1 atom stereocenters. The van der Waals surface area contributed by atoms with Crippen LogP contribution >= 0.6 is 0 Å². The van der Waals surface area contributed by atoms with Gasteiger partial charge in [0.05, 0.1) is 34.7 Å². The largest absolute Gasteiger partial charge is 0.462 e. The number of benzene rings is 1. The first-order valence-corrected chi connectivity index (χ1v) is 11.3. The van der Waals surface area contributed by atoms with Gasteiger partial charge in [-0.2, -0.15) is 10.4 Å². The molecule has 0 spiro atoms. The third kappa shape index (κ3) is 6.17. The summed E-state index contributed by atoms with van der Waals surface area (Å²) in [5.41, 5.74) is 2.17. The number of nitriles is 1. The third-order valence-electron chi connectivity index (χ3n) is 5.45. The quantitative estimate of drug-likeness (QED) is 0.670. The zero-order valence-corrected chi connectivity index (χ0v) is 19.0. The maximum atomic E-state index is 13.8. The maximum absolute atomic E-state index is 13.8. The molecule has 2 heterocycles. The van der Waals surface area contributed by atoms with Gasteiger partial charge in [-0.3, -0.25) is 9.48 Å². The van der Waals surface area contributed by atoms with Gasteiger partial charge in [0.2, 0.25) is 0 Å². The van der Waals surface area contributed by atoms with Crippen LogP contribution in [0.3, 0.4) is 0 Å². The van der Waals surface area contributed by atoms with Gasteiger partial charge in [0, 0.05) is 32.2 Å². The van der Waals surface area contributed by atoms with E-state index in [1.807, 2.05) is 18.5 Å². The SMILES string of the molecule is CCc1nn(C[C@@H](C)COC(=O)c2ccc(C#N)c(F)c2)c2c1C(=O)NCCCOCCC2. The Morgan fingerprint density at radius 1 is 1.39 bits per heavy atom. The molecule has 9 heteroatoms. The van der Waals surface area contributed by atoms with Crippen LogP contribution in [0.15, 0.2) is 18.2 Å². The summed E-state index contributed by atoms with van der Waals surface area (Å²) < 4.78 is 26.6. The molecule has 1 aromatic heterocycles. The first-order valence-electron chi connectivity index (χ1n) is 11.3. The first-order chi connectivity index (χ1) is 15.9. The van der Waals surface area contributed by atoms with E-state index in [9.17, 15) is 14.0 Å². The lowest BCUT2D eigenvalue weighted by Gasteiger charge is -2.15. The molecule has 1 aromatic carbocycles. The molecule has 0 bridgehead atoms. The second kappa shape index (κ2) is 11.6. The summed E-state index contributed by atoms with van der Waals surface area (Å²) in [4.78, 5) is 25.1.